The summed E-state index contributed by atoms with van der Waals surface area (Å²) in [6.45, 7) is 4.97. The molecule has 0 aromatic rings. The van der Waals surface area contributed by atoms with Gasteiger partial charge in [0.25, 0.3) is 0 Å². The number of rotatable bonds is 12. The zero-order chi connectivity index (χ0) is 12.9. The smallest absolute Gasteiger partial charge is 0.0587 e. The van der Waals surface area contributed by atoms with E-state index in [1.54, 1.807) is 7.11 Å². The van der Waals surface area contributed by atoms with E-state index in [9.17, 15) is 5.11 Å². The van der Waals surface area contributed by atoms with E-state index in [2.05, 4.69) is 13.8 Å². The van der Waals surface area contributed by atoms with Gasteiger partial charge in [-0.25, -0.2) is 0 Å². The van der Waals surface area contributed by atoms with E-state index in [0.717, 1.165) is 12.8 Å². The molecule has 0 spiro atoms. The third kappa shape index (κ3) is 10.8. The Hall–Kier alpha value is -0.0800. The number of hydrogen-bond acceptors (Lipinski definition) is 2. The third-order valence-corrected chi connectivity index (χ3v) is 3.44. The Labute approximate surface area is 108 Å². The highest BCUT2D eigenvalue weighted by molar-refractivity contribution is 4.63. The molecule has 0 saturated carbocycles. The molecule has 0 rings (SSSR count). The topological polar surface area (TPSA) is 29.5 Å². The minimum atomic E-state index is -0.185. The van der Waals surface area contributed by atoms with E-state index in [0.29, 0.717) is 6.61 Å². The second-order valence-electron chi connectivity index (χ2n) is 5.26. The fourth-order valence-electron chi connectivity index (χ4n) is 2.15. The summed E-state index contributed by atoms with van der Waals surface area (Å²) in [5.41, 5.74) is 0. The van der Waals surface area contributed by atoms with Crippen molar-refractivity contribution in [3.05, 3.63) is 0 Å². The minimum Gasteiger partial charge on any atom is -0.393 e. The molecule has 0 saturated heterocycles. The molecule has 2 unspecified atom stereocenters. The van der Waals surface area contributed by atoms with Crippen molar-refractivity contribution in [1.29, 1.82) is 0 Å². The van der Waals surface area contributed by atoms with Gasteiger partial charge in [-0.3, -0.25) is 0 Å². The molecule has 0 amide bonds. The Bertz CT molecular complexity index is 148. The normalized spacial score (nSPS) is 14.8. The molecule has 2 atom stereocenters. The van der Waals surface area contributed by atoms with Crippen molar-refractivity contribution in [2.24, 2.45) is 5.92 Å². The van der Waals surface area contributed by atoms with Gasteiger partial charge >= 0.3 is 0 Å². The molecule has 104 valence electrons. The summed E-state index contributed by atoms with van der Waals surface area (Å²) >= 11 is 0. The van der Waals surface area contributed by atoms with Crippen LogP contribution in [-0.2, 0) is 4.74 Å². The predicted octanol–water partition coefficient (Wildman–Crippen LogP) is 4.16. The first-order valence-electron chi connectivity index (χ1n) is 7.39. The summed E-state index contributed by atoms with van der Waals surface area (Å²) < 4.78 is 5.05. The first-order valence-corrected chi connectivity index (χ1v) is 7.39. The van der Waals surface area contributed by atoms with Crippen LogP contribution in [0.1, 0.15) is 71.6 Å². The van der Waals surface area contributed by atoms with Crippen LogP contribution in [-0.4, -0.2) is 24.9 Å². The van der Waals surface area contributed by atoms with Gasteiger partial charge in [-0.1, -0.05) is 65.2 Å². The van der Waals surface area contributed by atoms with Crippen molar-refractivity contribution in [1.82, 2.24) is 0 Å². The van der Waals surface area contributed by atoms with E-state index < -0.39 is 0 Å². The molecule has 0 aromatic heterocycles. The van der Waals surface area contributed by atoms with Crippen LogP contribution in [0.5, 0.6) is 0 Å². The SMILES string of the molecule is CCCCCCCCCCC(O)C(C)COC. The molecule has 2 heteroatoms. The lowest BCUT2D eigenvalue weighted by Crippen LogP contribution is -2.21. The van der Waals surface area contributed by atoms with E-state index in [1.807, 2.05) is 0 Å². The number of methoxy groups -OCH3 is 1. The number of hydrogen-bond donors (Lipinski definition) is 1. The van der Waals surface area contributed by atoms with Gasteiger partial charge in [0.05, 0.1) is 12.7 Å². The highest BCUT2D eigenvalue weighted by Gasteiger charge is 2.12. The van der Waals surface area contributed by atoms with Crippen LogP contribution in [0.4, 0.5) is 0 Å². The van der Waals surface area contributed by atoms with Gasteiger partial charge in [-0.05, 0) is 6.42 Å². The molecular weight excluding hydrogens is 212 g/mol. The fourth-order valence-corrected chi connectivity index (χ4v) is 2.15. The molecule has 0 aliphatic heterocycles. The van der Waals surface area contributed by atoms with Crippen LogP contribution in [0.15, 0.2) is 0 Å². The molecule has 0 radical (unpaired) electrons. The molecule has 17 heavy (non-hydrogen) atoms. The maximum absolute atomic E-state index is 9.84. The average Bonchev–Trinajstić information content (AvgIpc) is 2.32. The average molecular weight is 244 g/mol. The zero-order valence-electron chi connectivity index (χ0n) is 12.1. The largest absolute Gasteiger partial charge is 0.393 e. The van der Waals surface area contributed by atoms with E-state index in [-0.39, 0.29) is 12.0 Å². The van der Waals surface area contributed by atoms with E-state index in [4.69, 9.17) is 4.74 Å². The van der Waals surface area contributed by atoms with Crippen molar-refractivity contribution in [2.75, 3.05) is 13.7 Å². The van der Waals surface area contributed by atoms with Gasteiger partial charge in [0, 0.05) is 13.0 Å². The molecule has 0 bridgehead atoms. The maximum atomic E-state index is 9.84. The second-order valence-corrected chi connectivity index (χ2v) is 5.26. The second kappa shape index (κ2) is 12.4. The Morgan fingerprint density at radius 3 is 2.00 bits per heavy atom. The van der Waals surface area contributed by atoms with Crippen LogP contribution in [0.25, 0.3) is 0 Å². The van der Waals surface area contributed by atoms with Gasteiger partial charge in [0.2, 0.25) is 0 Å². The Balaban J connectivity index is 3.21. The Kier molecular flexibility index (Phi) is 12.3. The molecule has 0 aliphatic carbocycles. The van der Waals surface area contributed by atoms with Gasteiger partial charge < -0.3 is 9.84 Å². The van der Waals surface area contributed by atoms with Crippen LogP contribution >= 0.6 is 0 Å². The number of ether oxygens (including phenoxy) is 1. The maximum Gasteiger partial charge on any atom is 0.0587 e. The molecular formula is C15H32O2. The standard InChI is InChI=1S/C15H32O2/c1-4-5-6-7-8-9-10-11-12-15(16)14(2)13-17-3/h14-16H,4-13H2,1-3H3. The fraction of sp³-hybridized carbons (Fsp3) is 1.00. The predicted molar refractivity (Wildman–Crippen MR) is 74.3 cm³/mol. The molecule has 1 N–H and O–H groups in total. The van der Waals surface area contributed by atoms with Gasteiger partial charge in [-0.2, -0.15) is 0 Å². The number of unbranched alkanes of at least 4 members (excludes halogenated alkanes) is 7. The van der Waals surface area contributed by atoms with Crippen molar-refractivity contribution in [3.8, 4) is 0 Å². The lowest BCUT2D eigenvalue weighted by atomic mass is 9.99. The van der Waals surface area contributed by atoms with Crippen LogP contribution in [0.3, 0.4) is 0 Å². The summed E-state index contributed by atoms with van der Waals surface area (Å²) in [7, 11) is 1.69. The first-order chi connectivity index (χ1) is 8.22. The van der Waals surface area contributed by atoms with Crippen molar-refractivity contribution in [2.45, 2.75) is 77.7 Å². The van der Waals surface area contributed by atoms with Crippen LogP contribution in [0.2, 0.25) is 0 Å². The summed E-state index contributed by atoms with van der Waals surface area (Å²) in [4.78, 5) is 0. The minimum absolute atomic E-state index is 0.185. The van der Waals surface area contributed by atoms with Crippen molar-refractivity contribution < 1.29 is 9.84 Å². The number of aliphatic hydroxyl groups is 1. The summed E-state index contributed by atoms with van der Waals surface area (Å²) in [5, 5.41) is 9.84. The summed E-state index contributed by atoms with van der Waals surface area (Å²) in [6, 6.07) is 0. The van der Waals surface area contributed by atoms with Crippen LogP contribution < -0.4 is 0 Å². The van der Waals surface area contributed by atoms with E-state index >= 15 is 0 Å². The van der Waals surface area contributed by atoms with Crippen molar-refractivity contribution in [3.63, 3.8) is 0 Å². The highest BCUT2D eigenvalue weighted by atomic mass is 16.5. The molecule has 0 aliphatic rings. The highest BCUT2D eigenvalue weighted by Crippen LogP contribution is 2.14. The lowest BCUT2D eigenvalue weighted by Gasteiger charge is -2.17. The molecule has 0 heterocycles. The van der Waals surface area contributed by atoms with Gasteiger partial charge in [0.15, 0.2) is 0 Å². The van der Waals surface area contributed by atoms with Crippen LogP contribution in [0, 0.1) is 5.92 Å². The monoisotopic (exact) mass is 244 g/mol. The molecule has 0 fully saturated rings. The Morgan fingerprint density at radius 1 is 0.941 bits per heavy atom. The van der Waals surface area contributed by atoms with E-state index in [1.165, 1.54) is 44.9 Å². The third-order valence-electron chi connectivity index (χ3n) is 3.44. The Morgan fingerprint density at radius 2 is 1.47 bits per heavy atom. The lowest BCUT2D eigenvalue weighted by molar-refractivity contribution is 0.0503. The zero-order valence-corrected chi connectivity index (χ0v) is 12.1. The quantitative estimate of drug-likeness (QED) is 0.522. The summed E-state index contributed by atoms with van der Waals surface area (Å²) in [5.74, 6) is 0.268. The summed E-state index contributed by atoms with van der Waals surface area (Å²) in [6.07, 6.45) is 11.3. The molecule has 2 nitrogen and oxygen atoms in total. The van der Waals surface area contributed by atoms with Gasteiger partial charge in [-0.15, -0.1) is 0 Å². The number of aliphatic hydroxyl groups excluding tert-OH is 1. The van der Waals surface area contributed by atoms with Gasteiger partial charge in [0.1, 0.15) is 0 Å². The molecule has 0 aromatic carbocycles. The van der Waals surface area contributed by atoms with Crippen molar-refractivity contribution >= 4 is 0 Å². The first kappa shape index (κ1) is 16.9.